The van der Waals surface area contributed by atoms with Gasteiger partial charge in [0.2, 0.25) is 0 Å². The average Bonchev–Trinajstić information content (AvgIpc) is 2.75. The maximum atomic E-state index is 11.2. The number of aliphatic hydroxyl groups is 1. The lowest BCUT2D eigenvalue weighted by atomic mass is 9.84. The highest BCUT2D eigenvalue weighted by Gasteiger charge is 2.40. The Morgan fingerprint density at radius 2 is 1.93 bits per heavy atom. The largest absolute Gasteiger partial charge is 0.497 e. The SMILES string of the molecule is COC1=CCC=C2C(C)=NC(O)(OC)C(Cc3cnc4cc(OC)ccc4c3)=C12. The van der Waals surface area contributed by atoms with E-state index in [2.05, 4.69) is 22.1 Å². The van der Waals surface area contributed by atoms with E-state index in [0.717, 1.165) is 51.3 Å². The number of hydrogen-bond donors (Lipinski definition) is 1. The number of ether oxygens (including phenoxy) is 3. The van der Waals surface area contributed by atoms with Crippen molar-refractivity contribution in [2.24, 2.45) is 4.99 Å². The first-order valence-corrected chi connectivity index (χ1v) is 9.44. The van der Waals surface area contributed by atoms with Gasteiger partial charge in [0.25, 0.3) is 5.91 Å². The molecule has 2 aliphatic rings. The van der Waals surface area contributed by atoms with Gasteiger partial charge in [0, 0.05) is 53.6 Å². The molecule has 0 saturated heterocycles. The summed E-state index contributed by atoms with van der Waals surface area (Å²) >= 11 is 0. The van der Waals surface area contributed by atoms with E-state index in [-0.39, 0.29) is 0 Å². The number of rotatable bonds is 5. The zero-order valence-electron chi connectivity index (χ0n) is 17.0. The van der Waals surface area contributed by atoms with E-state index in [4.69, 9.17) is 14.2 Å². The number of hydrogen-bond acceptors (Lipinski definition) is 6. The highest BCUT2D eigenvalue weighted by Crippen LogP contribution is 2.40. The van der Waals surface area contributed by atoms with Crippen LogP contribution in [-0.2, 0) is 15.9 Å². The number of benzene rings is 1. The zero-order valence-corrected chi connectivity index (χ0v) is 17.0. The minimum atomic E-state index is -1.75. The molecule has 1 aliphatic carbocycles. The van der Waals surface area contributed by atoms with Crippen LogP contribution >= 0.6 is 0 Å². The monoisotopic (exact) mass is 392 g/mol. The van der Waals surface area contributed by atoms with E-state index >= 15 is 0 Å². The standard InChI is InChI=1S/C23H24N2O4/c1-14-18-6-5-7-21(28-3)22(18)19(23(26,25-14)29-4)11-15-10-16-8-9-17(27-2)12-20(16)24-13-15/h6-10,12-13,26H,5,11H2,1-4H3. The van der Waals surface area contributed by atoms with Gasteiger partial charge < -0.3 is 19.3 Å². The Labute approximate surface area is 169 Å². The molecule has 0 bridgehead atoms. The van der Waals surface area contributed by atoms with Crippen LogP contribution in [-0.4, -0.2) is 43.0 Å². The molecule has 1 atom stereocenters. The second-order valence-electron chi connectivity index (χ2n) is 7.07. The number of pyridine rings is 1. The Morgan fingerprint density at radius 3 is 2.66 bits per heavy atom. The number of fused-ring (bicyclic) bond motifs is 2. The van der Waals surface area contributed by atoms with E-state index in [1.54, 1.807) is 20.4 Å². The molecule has 1 N–H and O–H groups in total. The Bertz CT molecular complexity index is 1100. The maximum absolute atomic E-state index is 11.2. The predicted molar refractivity (Wildman–Crippen MR) is 112 cm³/mol. The van der Waals surface area contributed by atoms with Crippen molar-refractivity contribution >= 4 is 16.6 Å². The fraction of sp³-hybridized carbons (Fsp3) is 0.304. The molecule has 2 heterocycles. The van der Waals surface area contributed by atoms with Gasteiger partial charge in [0.15, 0.2) is 0 Å². The van der Waals surface area contributed by atoms with Crippen LogP contribution in [0.15, 0.2) is 70.1 Å². The number of dihydropyridines is 1. The van der Waals surface area contributed by atoms with Gasteiger partial charge in [-0.25, -0.2) is 4.99 Å². The summed E-state index contributed by atoms with van der Waals surface area (Å²) in [5, 5.41) is 12.2. The summed E-state index contributed by atoms with van der Waals surface area (Å²) in [6, 6.07) is 7.83. The van der Waals surface area contributed by atoms with Gasteiger partial charge in [-0.05, 0) is 43.2 Å². The molecule has 6 heteroatoms. The smallest absolute Gasteiger partial charge is 0.292 e. The molecule has 1 aliphatic heterocycles. The van der Waals surface area contributed by atoms with Crippen LogP contribution in [0.3, 0.4) is 0 Å². The first-order chi connectivity index (χ1) is 14.0. The molecule has 0 fully saturated rings. The molecular weight excluding hydrogens is 368 g/mol. The topological polar surface area (TPSA) is 73.2 Å². The van der Waals surface area contributed by atoms with E-state index in [0.29, 0.717) is 12.0 Å². The van der Waals surface area contributed by atoms with Crippen molar-refractivity contribution in [3.63, 3.8) is 0 Å². The van der Waals surface area contributed by atoms with Crippen LogP contribution in [0.2, 0.25) is 0 Å². The number of aliphatic imine (C=N–C) groups is 1. The predicted octanol–water partition coefficient (Wildman–Crippen LogP) is 3.71. The van der Waals surface area contributed by atoms with Gasteiger partial charge in [-0.3, -0.25) is 4.98 Å². The van der Waals surface area contributed by atoms with Crippen LogP contribution in [0.1, 0.15) is 18.9 Å². The minimum Gasteiger partial charge on any atom is -0.497 e. The summed E-state index contributed by atoms with van der Waals surface area (Å²) in [5.74, 6) is -0.262. The lowest BCUT2D eigenvalue weighted by molar-refractivity contribution is -0.150. The van der Waals surface area contributed by atoms with Gasteiger partial charge in [-0.1, -0.05) is 6.08 Å². The molecule has 29 heavy (non-hydrogen) atoms. The second kappa shape index (κ2) is 7.46. The molecule has 6 nitrogen and oxygen atoms in total. The maximum Gasteiger partial charge on any atom is 0.292 e. The molecular formula is C23H24N2O4. The van der Waals surface area contributed by atoms with Crippen molar-refractivity contribution < 1.29 is 19.3 Å². The molecule has 0 spiro atoms. The molecule has 0 radical (unpaired) electrons. The highest BCUT2D eigenvalue weighted by molar-refractivity contribution is 6.05. The first kappa shape index (κ1) is 19.4. The third-order valence-corrected chi connectivity index (χ3v) is 5.38. The highest BCUT2D eigenvalue weighted by atomic mass is 16.6. The van der Waals surface area contributed by atoms with Gasteiger partial charge in [-0.2, -0.15) is 0 Å². The molecule has 1 unspecified atom stereocenters. The molecule has 0 saturated carbocycles. The van der Waals surface area contributed by atoms with Crippen molar-refractivity contribution in [2.45, 2.75) is 25.7 Å². The first-order valence-electron chi connectivity index (χ1n) is 9.44. The fourth-order valence-corrected chi connectivity index (χ4v) is 3.91. The number of aromatic nitrogens is 1. The Morgan fingerprint density at radius 1 is 1.10 bits per heavy atom. The third kappa shape index (κ3) is 3.34. The number of nitrogens with zero attached hydrogens (tertiary/aromatic N) is 2. The van der Waals surface area contributed by atoms with Gasteiger partial charge >= 0.3 is 0 Å². The molecule has 1 aromatic heterocycles. The van der Waals surface area contributed by atoms with Crippen molar-refractivity contribution in [2.75, 3.05) is 21.3 Å². The molecule has 4 rings (SSSR count). The summed E-state index contributed by atoms with van der Waals surface area (Å²) in [6.45, 7) is 1.87. The summed E-state index contributed by atoms with van der Waals surface area (Å²) in [6.07, 6.45) is 7.07. The third-order valence-electron chi connectivity index (χ3n) is 5.38. The normalized spacial score (nSPS) is 21.3. The van der Waals surface area contributed by atoms with E-state index < -0.39 is 5.91 Å². The van der Waals surface area contributed by atoms with Crippen molar-refractivity contribution in [3.05, 3.63) is 70.7 Å². The van der Waals surface area contributed by atoms with Gasteiger partial charge in [-0.15, -0.1) is 0 Å². The van der Waals surface area contributed by atoms with Crippen LogP contribution in [0.25, 0.3) is 10.9 Å². The van der Waals surface area contributed by atoms with E-state index in [9.17, 15) is 5.11 Å². The van der Waals surface area contributed by atoms with Crippen molar-refractivity contribution in [1.82, 2.24) is 4.98 Å². The zero-order chi connectivity index (χ0) is 20.6. The molecule has 0 amide bonds. The van der Waals surface area contributed by atoms with Gasteiger partial charge in [0.1, 0.15) is 11.5 Å². The van der Waals surface area contributed by atoms with E-state index in [1.165, 1.54) is 7.11 Å². The van der Waals surface area contributed by atoms with Crippen molar-refractivity contribution in [1.29, 1.82) is 0 Å². The minimum absolute atomic E-state index is 0.420. The fourth-order valence-electron chi connectivity index (χ4n) is 3.91. The summed E-state index contributed by atoms with van der Waals surface area (Å²) < 4.78 is 16.3. The Balaban J connectivity index is 1.82. The van der Waals surface area contributed by atoms with Crippen molar-refractivity contribution in [3.8, 4) is 5.75 Å². The lowest BCUT2D eigenvalue weighted by Crippen LogP contribution is -2.38. The summed E-state index contributed by atoms with van der Waals surface area (Å²) in [5.41, 5.74) is 4.96. The number of methoxy groups -OCH3 is 3. The van der Waals surface area contributed by atoms with Crippen LogP contribution in [0.4, 0.5) is 0 Å². The molecule has 150 valence electrons. The summed E-state index contributed by atoms with van der Waals surface area (Å²) in [7, 11) is 4.73. The van der Waals surface area contributed by atoms with Crippen LogP contribution in [0.5, 0.6) is 5.75 Å². The number of allylic oxidation sites excluding steroid dienone is 3. The quantitative estimate of drug-likeness (QED) is 0.786. The van der Waals surface area contributed by atoms with Gasteiger partial charge in [0.05, 0.1) is 19.7 Å². The Kier molecular flexibility index (Phi) is 4.98. The van der Waals surface area contributed by atoms with Crippen LogP contribution in [0, 0.1) is 0 Å². The second-order valence-corrected chi connectivity index (χ2v) is 7.07. The summed E-state index contributed by atoms with van der Waals surface area (Å²) in [4.78, 5) is 9.02. The molecule has 2 aromatic rings. The molecule has 1 aromatic carbocycles. The average molecular weight is 392 g/mol. The lowest BCUT2D eigenvalue weighted by Gasteiger charge is -2.35. The Hall–Kier alpha value is -2.96. The van der Waals surface area contributed by atoms with Crippen LogP contribution < -0.4 is 4.74 Å². The van der Waals surface area contributed by atoms with E-state index in [1.807, 2.05) is 31.2 Å².